The van der Waals surface area contributed by atoms with Crippen LogP contribution in [-0.2, 0) is 6.54 Å². The summed E-state index contributed by atoms with van der Waals surface area (Å²) in [6.07, 6.45) is 1.61. The highest BCUT2D eigenvalue weighted by molar-refractivity contribution is 14.1. The van der Waals surface area contributed by atoms with Crippen molar-refractivity contribution >= 4 is 67.7 Å². The van der Waals surface area contributed by atoms with Crippen LogP contribution in [0.1, 0.15) is 5.56 Å². The second-order valence-electron chi connectivity index (χ2n) is 4.59. The fourth-order valence-corrected chi connectivity index (χ4v) is 4.20. The summed E-state index contributed by atoms with van der Waals surface area (Å²) in [4.78, 5) is 17.0. The number of hydrogen-bond acceptors (Lipinski definition) is 2. The van der Waals surface area contributed by atoms with E-state index in [4.69, 9.17) is 11.6 Å². The quantitative estimate of drug-likeness (QED) is 0.471. The first kappa shape index (κ1) is 15.2. The molecule has 2 aromatic carbocycles. The third-order valence-corrected chi connectivity index (χ3v) is 4.81. The van der Waals surface area contributed by atoms with Gasteiger partial charge in [-0.05, 0) is 75.0 Å². The zero-order valence-corrected chi connectivity index (χ0v) is 15.8. The molecule has 0 saturated carbocycles. The van der Waals surface area contributed by atoms with E-state index in [-0.39, 0.29) is 5.56 Å². The Morgan fingerprint density at radius 2 is 1.86 bits per heavy atom. The lowest BCUT2D eigenvalue weighted by atomic mass is 10.2. The van der Waals surface area contributed by atoms with Gasteiger partial charge in [0.25, 0.3) is 5.56 Å². The van der Waals surface area contributed by atoms with Gasteiger partial charge >= 0.3 is 0 Å². The minimum atomic E-state index is -0.0219. The maximum atomic E-state index is 12.6. The van der Waals surface area contributed by atoms with E-state index in [0.717, 1.165) is 18.2 Å². The van der Waals surface area contributed by atoms with Gasteiger partial charge in [-0.3, -0.25) is 9.36 Å². The molecular formula is C15H9ClI2N2O. The van der Waals surface area contributed by atoms with Crippen molar-refractivity contribution in [3.63, 3.8) is 0 Å². The predicted octanol–water partition coefficient (Wildman–Crippen LogP) is 4.31. The Morgan fingerprint density at radius 1 is 1.14 bits per heavy atom. The molecule has 0 N–H and O–H groups in total. The number of aromatic nitrogens is 2. The summed E-state index contributed by atoms with van der Waals surface area (Å²) >= 11 is 10.3. The number of rotatable bonds is 2. The van der Waals surface area contributed by atoms with Crippen molar-refractivity contribution in [1.82, 2.24) is 9.55 Å². The van der Waals surface area contributed by atoms with Crippen LogP contribution in [0, 0.1) is 7.14 Å². The Morgan fingerprint density at radius 3 is 2.57 bits per heavy atom. The van der Waals surface area contributed by atoms with Crippen LogP contribution in [0.2, 0.25) is 5.02 Å². The fraction of sp³-hybridized carbons (Fsp3) is 0.0667. The molecule has 1 heterocycles. The largest absolute Gasteiger partial charge is 0.294 e. The molecule has 0 fully saturated rings. The van der Waals surface area contributed by atoms with Crippen molar-refractivity contribution in [2.24, 2.45) is 0 Å². The second-order valence-corrected chi connectivity index (χ2v) is 7.43. The molecule has 3 aromatic rings. The summed E-state index contributed by atoms with van der Waals surface area (Å²) in [5.41, 5.74) is 1.75. The van der Waals surface area contributed by atoms with E-state index in [2.05, 4.69) is 50.2 Å². The molecule has 0 aliphatic heterocycles. The molecule has 1 aromatic heterocycles. The van der Waals surface area contributed by atoms with Crippen molar-refractivity contribution < 1.29 is 0 Å². The van der Waals surface area contributed by atoms with Gasteiger partial charge in [-0.25, -0.2) is 4.98 Å². The molecule has 3 rings (SSSR count). The molecule has 21 heavy (non-hydrogen) atoms. The molecule has 0 atom stereocenters. The normalized spacial score (nSPS) is 11.0. The Bertz CT molecular complexity index is 875. The van der Waals surface area contributed by atoms with Crippen LogP contribution in [0.15, 0.2) is 47.5 Å². The highest BCUT2D eigenvalue weighted by Gasteiger charge is 2.08. The molecular weight excluding hydrogens is 513 g/mol. The van der Waals surface area contributed by atoms with Crippen LogP contribution >= 0.6 is 56.8 Å². The van der Waals surface area contributed by atoms with Crippen molar-refractivity contribution in [1.29, 1.82) is 0 Å². The number of hydrogen-bond donors (Lipinski definition) is 0. The monoisotopic (exact) mass is 522 g/mol. The van der Waals surface area contributed by atoms with E-state index < -0.39 is 0 Å². The molecule has 0 unspecified atom stereocenters. The fourth-order valence-electron chi connectivity index (χ4n) is 2.09. The van der Waals surface area contributed by atoms with Crippen molar-refractivity contribution in [2.75, 3.05) is 0 Å². The highest BCUT2D eigenvalue weighted by atomic mass is 127. The summed E-state index contributed by atoms with van der Waals surface area (Å²) in [7, 11) is 0. The van der Waals surface area contributed by atoms with Gasteiger partial charge in [-0.1, -0.05) is 23.7 Å². The van der Waals surface area contributed by atoms with Gasteiger partial charge in [-0.15, -0.1) is 0 Å². The summed E-state index contributed by atoms with van der Waals surface area (Å²) in [6, 6.07) is 11.4. The average Bonchev–Trinajstić information content (AvgIpc) is 2.45. The van der Waals surface area contributed by atoms with Crippen LogP contribution in [0.3, 0.4) is 0 Å². The lowest BCUT2D eigenvalue weighted by Crippen LogP contribution is -2.21. The van der Waals surface area contributed by atoms with E-state index in [1.807, 2.05) is 36.4 Å². The standard InChI is InChI=1S/C15H9ClI2N2O/c16-10-3-1-9(2-4-10)7-20-8-19-14-12(15(20)21)5-11(17)6-13(14)18/h1-6,8H,7H2. The molecule has 106 valence electrons. The Balaban J connectivity index is 2.10. The minimum Gasteiger partial charge on any atom is -0.294 e. The maximum absolute atomic E-state index is 12.6. The zero-order valence-electron chi connectivity index (χ0n) is 10.7. The molecule has 0 spiro atoms. The van der Waals surface area contributed by atoms with Gasteiger partial charge < -0.3 is 0 Å². The Labute approximate surface area is 153 Å². The SMILES string of the molecule is O=c1c2cc(I)cc(I)c2ncn1Cc1ccc(Cl)cc1. The molecule has 0 aliphatic rings. The molecule has 0 amide bonds. The molecule has 0 bridgehead atoms. The van der Waals surface area contributed by atoms with Gasteiger partial charge in [0.2, 0.25) is 0 Å². The zero-order chi connectivity index (χ0) is 15.0. The topological polar surface area (TPSA) is 34.9 Å². The summed E-state index contributed by atoms with van der Waals surface area (Å²) in [6.45, 7) is 0.487. The van der Waals surface area contributed by atoms with Gasteiger partial charge in [0, 0.05) is 12.2 Å². The Kier molecular flexibility index (Phi) is 4.51. The average molecular weight is 523 g/mol. The molecule has 0 radical (unpaired) electrons. The first-order valence-electron chi connectivity index (χ1n) is 6.13. The van der Waals surface area contributed by atoms with Crippen molar-refractivity contribution in [3.05, 3.63) is 70.8 Å². The van der Waals surface area contributed by atoms with Crippen LogP contribution < -0.4 is 5.56 Å². The first-order chi connectivity index (χ1) is 10.0. The molecule has 3 nitrogen and oxygen atoms in total. The summed E-state index contributed by atoms with van der Waals surface area (Å²) in [5.74, 6) is 0. The van der Waals surface area contributed by atoms with E-state index >= 15 is 0 Å². The van der Waals surface area contributed by atoms with Crippen molar-refractivity contribution in [3.8, 4) is 0 Å². The van der Waals surface area contributed by atoms with Gasteiger partial charge in [0.1, 0.15) is 0 Å². The molecule has 0 saturated heterocycles. The van der Waals surface area contributed by atoms with E-state index in [1.165, 1.54) is 0 Å². The van der Waals surface area contributed by atoms with Crippen LogP contribution in [0.5, 0.6) is 0 Å². The van der Waals surface area contributed by atoms with E-state index in [9.17, 15) is 4.79 Å². The highest BCUT2D eigenvalue weighted by Crippen LogP contribution is 2.19. The second kappa shape index (κ2) is 6.21. The first-order valence-corrected chi connectivity index (χ1v) is 8.67. The predicted molar refractivity (Wildman–Crippen MR) is 102 cm³/mol. The van der Waals surface area contributed by atoms with E-state index in [1.54, 1.807) is 10.9 Å². The summed E-state index contributed by atoms with van der Waals surface area (Å²) in [5, 5.41) is 1.34. The van der Waals surface area contributed by atoms with Crippen LogP contribution in [-0.4, -0.2) is 9.55 Å². The van der Waals surface area contributed by atoms with Gasteiger partial charge in [-0.2, -0.15) is 0 Å². The van der Waals surface area contributed by atoms with Crippen LogP contribution in [0.25, 0.3) is 10.9 Å². The van der Waals surface area contributed by atoms with Crippen LogP contribution in [0.4, 0.5) is 0 Å². The van der Waals surface area contributed by atoms with Gasteiger partial charge in [0.05, 0.1) is 23.8 Å². The Hall–Kier alpha value is -0.670. The molecule has 6 heteroatoms. The van der Waals surface area contributed by atoms with Gasteiger partial charge in [0.15, 0.2) is 0 Å². The van der Waals surface area contributed by atoms with Crippen molar-refractivity contribution in [2.45, 2.75) is 6.54 Å². The lowest BCUT2D eigenvalue weighted by Gasteiger charge is -2.08. The van der Waals surface area contributed by atoms with E-state index in [0.29, 0.717) is 17.0 Å². The number of fused-ring (bicyclic) bond motifs is 1. The summed E-state index contributed by atoms with van der Waals surface area (Å²) < 4.78 is 3.65. The third-order valence-electron chi connectivity index (χ3n) is 3.11. The lowest BCUT2D eigenvalue weighted by molar-refractivity contribution is 0.748. The molecule has 0 aliphatic carbocycles. The maximum Gasteiger partial charge on any atom is 0.261 e. The number of nitrogens with zero attached hydrogens (tertiary/aromatic N) is 2. The minimum absolute atomic E-state index is 0.0219. The number of benzene rings is 2. The number of halogens is 3. The smallest absolute Gasteiger partial charge is 0.261 e. The third kappa shape index (κ3) is 3.24.